The third-order valence-electron chi connectivity index (χ3n) is 3.90. The van der Waals surface area contributed by atoms with Crippen LogP contribution in [0.2, 0.25) is 0 Å². The van der Waals surface area contributed by atoms with E-state index in [1.807, 2.05) is 60.7 Å². The number of aromatic amines is 1. The molecule has 0 aliphatic rings. The fourth-order valence-electron chi connectivity index (χ4n) is 2.67. The van der Waals surface area contributed by atoms with Gasteiger partial charge in [0.2, 0.25) is 5.91 Å². The predicted molar refractivity (Wildman–Crippen MR) is 105 cm³/mol. The van der Waals surface area contributed by atoms with Gasteiger partial charge in [-0.3, -0.25) is 9.78 Å². The number of nitrogens with zero attached hydrogens (tertiary/aromatic N) is 2. The Balaban J connectivity index is 1.41. The van der Waals surface area contributed by atoms with Crippen LogP contribution in [0.15, 0.2) is 78.2 Å². The maximum atomic E-state index is 12.3. The minimum absolute atomic E-state index is 0.0796. The molecule has 5 nitrogen and oxygen atoms in total. The van der Waals surface area contributed by atoms with Crippen LogP contribution < -0.4 is 5.32 Å². The molecule has 2 heterocycles. The zero-order valence-electron chi connectivity index (χ0n) is 13.8. The van der Waals surface area contributed by atoms with Gasteiger partial charge in [0.25, 0.3) is 0 Å². The lowest BCUT2D eigenvalue weighted by molar-refractivity contribution is -0.113. The quantitative estimate of drug-likeness (QED) is 0.519. The molecule has 0 spiro atoms. The van der Waals surface area contributed by atoms with Gasteiger partial charge in [0.1, 0.15) is 0 Å². The third-order valence-corrected chi connectivity index (χ3v) is 4.78. The van der Waals surface area contributed by atoms with Crippen LogP contribution >= 0.6 is 11.8 Å². The number of carbonyl (C=O) groups is 1. The van der Waals surface area contributed by atoms with Crippen molar-refractivity contribution in [1.82, 2.24) is 15.0 Å². The van der Waals surface area contributed by atoms with E-state index in [9.17, 15) is 4.79 Å². The number of pyridine rings is 1. The second-order valence-electron chi connectivity index (χ2n) is 5.68. The SMILES string of the molecule is O=C(CSc1ncc(-c2ccccc2)[nH]1)Nc1cccc2ncccc12. The van der Waals surface area contributed by atoms with Crippen molar-refractivity contribution in [2.24, 2.45) is 0 Å². The number of rotatable bonds is 5. The highest BCUT2D eigenvalue weighted by Crippen LogP contribution is 2.23. The van der Waals surface area contributed by atoms with E-state index in [0.717, 1.165) is 33.0 Å². The molecule has 2 N–H and O–H groups in total. The molecule has 0 unspecified atom stereocenters. The molecule has 0 fully saturated rings. The molecule has 6 heteroatoms. The Morgan fingerprint density at radius 3 is 2.77 bits per heavy atom. The summed E-state index contributed by atoms with van der Waals surface area (Å²) in [6.07, 6.45) is 3.52. The van der Waals surface area contributed by atoms with E-state index in [0.29, 0.717) is 0 Å². The van der Waals surface area contributed by atoms with E-state index in [1.54, 1.807) is 12.4 Å². The van der Waals surface area contributed by atoms with Crippen molar-refractivity contribution in [2.45, 2.75) is 5.16 Å². The van der Waals surface area contributed by atoms with Crippen LogP contribution in [0.1, 0.15) is 0 Å². The Morgan fingerprint density at radius 2 is 1.88 bits per heavy atom. The van der Waals surface area contributed by atoms with Gasteiger partial charge in [0.05, 0.1) is 28.8 Å². The normalized spacial score (nSPS) is 10.8. The third kappa shape index (κ3) is 3.60. The molecule has 0 bridgehead atoms. The first-order chi connectivity index (χ1) is 12.8. The minimum Gasteiger partial charge on any atom is -0.333 e. The molecular weight excluding hydrogens is 344 g/mol. The van der Waals surface area contributed by atoms with Gasteiger partial charge in [-0.1, -0.05) is 48.2 Å². The fourth-order valence-corrected chi connectivity index (χ4v) is 3.32. The number of benzene rings is 2. The molecule has 0 aliphatic heterocycles. The van der Waals surface area contributed by atoms with Crippen molar-refractivity contribution < 1.29 is 4.79 Å². The summed E-state index contributed by atoms with van der Waals surface area (Å²) in [5, 5.41) is 4.60. The Hall–Kier alpha value is -3.12. The first-order valence-electron chi connectivity index (χ1n) is 8.16. The molecule has 0 saturated heterocycles. The van der Waals surface area contributed by atoms with Gasteiger partial charge in [-0.15, -0.1) is 0 Å². The summed E-state index contributed by atoms with van der Waals surface area (Å²) in [6.45, 7) is 0. The lowest BCUT2D eigenvalue weighted by Gasteiger charge is -2.07. The predicted octanol–water partition coefficient (Wildman–Crippen LogP) is 4.36. The summed E-state index contributed by atoms with van der Waals surface area (Å²) in [6, 6.07) is 19.5. The first-order valence-corrected chi connectivity index (χ1v) is 9.15. The van der Waals surface area contributed by atoms with Crippen LogP contribution in [-0.4, -0.2) is 26.6 Å². The van der Waals surface area contributed by atoms with Gasteiger partial charge in [-0.05, 0) is 29.8 Å². The summed E-state index contributed by atoms with van der Waals surface area (Å²) in [5.74, 6) is 0.197. The Morgan fingerprint density at radius 1 is 1.00 bits per heavy atom. The van der Waals surface area contributed by atoms with E-state index in [-0.39, 0.29) is 11.7 Å². The Bertz CT molecular complexity index is 1040. The monoisotopic (exact) mass is 360 g/mol. The molecule has 0 atom stereocenters. The van der Waals surface area contributed by atoms with Crippen molar-refractivity contribution in [3.8, 4) is 11.3 Å². The largest absolute Gasteiger partial charge is 0.333 e. The van der Waals surface area contributed by atoms with Gasteiger partial charge in [0, 0.05) is 11.6 Å². The smallest absolute Gasteiger partial charge is 0.234 e. The van der Waals surface area contributed by atoms with Gasteiger partial charge in [0.15, 0.2) is 5.16 Å². The van der Waals surface area contributed by atoms with Gasteiger partial charge >= 0.3 is 0 Å². The molecule has 128 valence electrons. The maximum absolute atomic E-state index is 12.3. The topological polar surface area (TPSA) is 70.7 Å². The van der Waals surface area contributed by atoms with E-state index < -0.39 is 0 Å². The van der Waals surface area contributed by atoms with Gasteiger partial charge < -0.3 is 10.3 Å². The van der Waals surface area contributed by atoms with E-state index in [2.05, 4.69) is 20.3 Å². The number of fused-ring (bicyclic) bond motifs is 1. The number of amides is 1. The number of thioether (sulfide) groups is 1. The molecule has 2 aromatic carbocycles. The van der Waals surface area contributed by atoms with E-state index in [4.69, 9.17) is 0 Å². The summed E-state index contributed by atoms with van der Waals surface area (Å²) in [7, 11) is 0. The zero-order chi connectivity index (χ0) is 17.8. The van der Waals surface area contributed by atoms with Crippen molar-refractivity contribution in [3.05, 3.63) is 73.1 Å². The molecule has 26 heavy (non-hydrogen) atoms. The van der Waals surface area contributed by atoms with Crippen LogP contribution in [-0.2, 0) is 4.79 Å². The summed E-state index contributed by atoms with van der Waals surface area (Å²) in [4.78, 5) is 24.2. The van der Waals surface area contributed by atoms with Crippen molar-refractivity contribution in [3.63, 3.8) is 0 Å². The molecule has 4 aromatic rings. The lowest BCUT2D eigenvalue weighted by atomic mass is 10.2. The summed E-state index contributed by atoms with van der Waals surface area (Å²) < 4.78 is 0. The van der Waals surface area contributed by atoms with Crippen molar-refractivity contribution in [2.75, 3.05) is 11.1 Å². The molecule has 1 amide bonds. The zero-order valence-corrected chi connectivity index (χ0v) is 14.7. The number of aromatic nitrogens is 3. The standard InChI is InChI=1S/C20H16N4OS/c25-19(23-17-10-4-9-16-15(17)8-5-11-21-16)13-26-20-22-12-18(24-20)14-6-2-1-3-7-14/h1-12H,13H2,(H,22,24)(H,23,25). The van der Waals surface area contributed by atoms with Crippen LogP contribution in [0.4, 0.5) is 5.69 Å². The molecule has 4 rings (SSSR count). The van der Waals surface area contributed by atoms with Crippen LogP contribution in [0.3, 0.4) is 0 Å². The van der Waals surface area contributed by atoms with Gasteiger partial charge in [-0.2, -0.15) is 0 Å². The van der Waals surface area contributed by atoms with E-state index >= 15 is 0 Å². The Kier molecular flexibility index (Phi) is 4.66. The average Bonchev–Trinajstić information content (AvgIpc) is 3.17. The molecular formula is C20H16N4OS. The number of hydrogen-bond donors (Lipinski definition) is 2. The number of carbonyl (C=O) groups excluding carboxylic acids is 1. The Labute approximate surface area is 154 Å². The average molecular weight is 360 g/mol. The first kappa shape index (κ1) is 16.4. The second-order valence-corrected chi connectivity index (χ2v) is 6.64. The number of hydrogen-bond acceptors (Lipinski definition) is 4. The number of anilines is 1. The van der Waals surface area contributed by atoms with Crippen LogP contribution in [0.25, 0.3) is 22.2 Å². The summed E-state index contributed by atoms with van der Waals surface area (Å²) in [5.41, 5.74) is 3.63. The molecule has 0 aliphatic carbocycles. The molecule has 0 radical (unpaired) electrons. The summed E-state index contributed by atoms with van der Waals surface area (Å²) >= 11 is 1.37. The van der Waals surface area contributed by atoms with Crippen molar-refractivity contribution in [1.29, 1.82) is 0 Å². The number of imidazole rings is 1. The lowest BCUT2D eigenvalue weighted by Crippen LogP contribution is -2.14. The minimum atomic E-state index is -0.0796. The van der Waals surface area contributed by atoms with Crippen LogP contribution in [0.5, 0.6) is 0 Å². The van der Waals surface area contributed by atoms with Crippen molar-refractivity contribution >= 4 is 34.3 Å². The molecule has 2 aromatic heterocycles. The highest BCUT2D eigenvalue weighted by Gasteiger charge is 2.09. The highest BCUT2D eigenvalue weighted by atomic mass is 32.2. The second kappa shape index (κ2) is 7.41. The molecule has 0 saturated carbocycles. The number of nitrogens with one attached hydrogen (secondary N) is 2. The fraction of sp³-hybridized carbons (Fsp3) is 0.0500. The van der Waals surface area contributed by atoms with E-state index in [1.165, 1.54) is 11.8 Å². The maximum Gasteiger partial charge on any atom is 0.234 e. The highest BCUT2D eigenvalue weighted by molar-refractivity contribution is 7.99. The van der Waals surface area contributed by atoms with Gasteiger partial charge in [-0.25, -0.2) is 4.98 Å². The van der Waals surface area contributed by atoms with Crippen LogP contribution in [0, 0.1) is 0 Å². The number of H-pyrrole nitrogens is 1.